The van der Waals surface area contributed by atoms with Gasteiger partial charge in [0.1, 0.15) is 0 Å². The van der Waals surface area contributed by atoms with Gasteiger partial charge in [0.2, 0.25) is 5.91 Å². The number of carbonyl (C=O) groups excluding carboxylic acids is 1. The Labute approximate surface area is 299 Å². The second-order valence-corrected chi connectivity index (χ2v) is 14.0. The molecule has 0 radical (unpaired) electrons. The Morgan fingerprint density at radius 2 is 0.812 bits per heavy atom. The van der Waals surface area contributed by atoms with E-state index in [1.54, 1.807) is 6.08 Å². The quantitative estimate of drug-likeness (QED) is 0.0455. The van der Waals surface area contributed by atoms with Gasteiger partial charge in [-0.25, -0.2) is 0 Å². The van der Waals surface area contributed by atoms with E-state index in [4.69, 9.17) is 0 Å². The van der Waals surface area contributed by atoms with Gasteiger partial charge in [-0.3, -0.25) is 4.79 Å². The first kappa shape index (κ1) is 46.4. The second kappa shape index (κ2) is 39.8. The van der Waals surface area contributed by atoms with E-state index >= 15 is 0 Å². The van der Waals surface area contributed by atoms with Gasteiger partial charge in [-0.05, 0) is 70.6 Å². The van der Waals surface area contributed by atoms with Crippen molar-refractivity contribution in [2.45, 2.75) is 219 Å². The monoisotopic (exact) mass is 672 g/mol. The predicted molar refractivity (Wildman–Crippen MR) is 211 cm³/mol. The molecule has 0 saturated heterocycles. The number of carbonyl (C=O) groups is 1. The molecule has 0 aromatic carbocycles. The van der Waals surface area contributed by atoms with Crippen molar-refractivity contribution in [1.82, 2.24) is 5.32 Å². The van der Waals surface area contributed by atoms with Gasteiger partial charge in [0, 0.05) is 6.42 Å². The highest BCUT2D eigenvalue weighted by Crippen LogP contribution is 2.14. The van der Waals surface area contributed by atoms with Crippen molar-refractivity contribution >= 4 is 5.91 Å². The van der Waals surface area contributed by atoms with Crippen molar-refractivity contribution < 1.29 is 15.0 Å². The van der Waals surface area contributed by atoms with E-state index in [1.165, 1.54) is 148 Å². The number of hydrogen-bond donors (Lipinski definition) is 3. The molecule has 2 atom stereocenters. The smallest absolute Gasteiger partial charge is 0.220 e. The molecule has 1 amide bonds. The Morgan fingerprint density at radius 1 is 0.479 bits per heavy atom. The third kappa shape index (κ3) is 35.7. The third-order valence-corrected chi connectivity index (χ3v) is 9.26. The van der Waals surface area contributed by atoms with Gasteiger partial charge in [0.25, 0.3) is 0 Å². The molecule has 0 aromatic heterocycles. The van der Waals surface area contributed by atoms with Crippen LogP contribution in [0.15, 0.2) is 48.6 Å². The van der Waals surface area contributed by atoms with E-state index in [-0.39, 0.29) is 12.5 Å². The topological polar surface area (TPSA) is 69.6 Å². The molecule has 2 unspecified atom stereocenters. The number of nitrogens with one attached hydrogen (secondary N) is 1. The number of amides is 1. The van der Waals surface area contributed by atoms with E-state index in [1.807, 2.05) is 6.08 Å². The van der Waals surface area contributed by atoms with Crippen molar-refractivity contribution in [3.63, 3.8) is 0 Å². The molecule has 0 spiro atoms. The van der Waals surface area contributed by atoms with Crippen LogP contribution < -0.4 is 5.32 Å². The van der Waals surface area contributed by atoms with Crippen LogP contribution in [0.4, 0.5) is 0 Å². The largest absolute Gasteiger partial charge is 0.394 e. The van der Waals surface area contributed by atoms with Crippen molar-refractivity contribution in [2.24, 2.45) is 0 Å². The molecule has 48 heavy (non-hydrogen) atoms. The van der Waals surface area contributed by atoms with Crippen molar-refractivity contribution in [1.29, 1.82) is 0 Å². The summed E-state index contributed by atoms with van der Waals surface area (Å²) in [4.78, 5) is 12.3. The summed E-state index contributed by atoms with van der Waals surface area (Å²) in [6, 6.07) is -0.646. The lowest BCUT2D eigenvalue weighted by molar-refractivity contribution is -0.123. The Hall–Kier alpha value is -1.65. The number of rotatable bonds is 37. The lowest BCUT2D eigenvalue weighted by atomic mass is 10.0. The summed E-state index contributed by atoms with van der Waals surface area (Å²) in [7, 11) is 0. The van der Waals surface area contributed by atoms with Gasteiger partial charge in [-0.2, -0.15) is 0 Å². The zero-order chi connectivity index (χ0) is 35.0. The highest BCUT2D eigenvalue weighted by Gasteiger charge is 2.17. The summed E-state index contributed by atoms with van der Waals surface area (Å²) in [5, 5.41) is 22.9. The van der Waals surface area contributed by atoms with Crippen LogP contribution in [0.3, 0.4) is 0 Å². The van der Waals surface area contributed by atoms with Crippen molar-refractivity contribution in [2.75, 3.05) is 6.61 Å². The molecule has 280 valence electrons. The Balaban J connectivity index is 3.60. The highest BCUT2D eigenvalue weighted by molar-refractivity contribution is 5.76. The van der Waals surface area contributed by atoms with Crippen LogP contribution >= 0.6 is 0 Å². The fraction of sp³-hybridized carbons (Fsp3) is 0.795. The molecule has 3 N–H and O–H groups in total. The average Bonchev–Trinajstić information content (AvgIpc) is 3.09. The fourth-order valence-electron chi connectivity index (χ4n) is 6.03. The average molecular weight is 672 g/mol. The highest BCUT2D eigenvalue weighted by atomic mass is 16.3. The number of allylic oxidation sites excluding steroid dienone is 7. The van der Waals surface area contributed by atoms with Crippen LogP contribution in [0, 0.1) is 0 Å². The minimum Gasteiger partial charge on any atom is -0.394 e. The summed E-state index contributed by atoms with van der Waals surface area (Å²) in [5.41, 5.74) is 0. The first-order valence-electron chi connectivity index (χ1n) is 20.9. The minimum atomic E-state index is -0.870. The van der Waals surface area contributed by atoms with Gasteiger partial charge in [0.05, 0.1) is 18.8 Å². The molecule has 4 heteroatoms. The maximum Gasteiger partial charge on any atom is 0.220 e. The van der Waals surface area contributed by atoms with Crippen LogP contribution in [0.2, 0.25) is 0 Å². The summed E-state index contributed by atoms with van der Waals surface area (Å²) in [6.07, 6.45) is 53.6. The molecule has 0 aliphatic heterocycles. The number of unbranched alkanes of at least 4 members (excludes halogenated alkanes) is 24. The number of aliphatic hydroxyl groups is 2. The SMILES string of the molecule is CCCCC/C=C/CC/C=C/CC/C=C/C(O)C(CO)NC(=O)CCCCCCCCC/C=C\CCCCCCCCCCCCCC. The van der Waals surface area contributed by atoms with Gasteiger partial charge < -0.3 is 15.5 Å². The first-order valence-corrected chi connectivity index (χ1v) is 20.9. The lowest BCUT2D eigenvalue weighted by Gasteiger charge is -2.19. The molecule has 0 bridgehead atoms. The summed E-state index contributed by atoms with van der Waals surface area (Å²) < 4.78 is 0. The molecule has 0 fully saturated rings. The van der Waals surface area contributed by atoms with E-state index in [2.05, 4.69) is 55.6 Å². The molecule has 0 aromatic rings. The molecular formula is C44H81NO3. The third-order valence-electron chi connectivity index (χ3n) is 9.26. The molecule has 4 nitrogen and oxygen atoms in total. The molecule has 0 rings (SSSR count). The maximum absolute atomic E-state index is 12.3. The van der Waals surface area contributed by atoms with Gasteiger partial charge in [0.15, 0.2) is 0 Å². The molecule has 0 aliphatic carbocycles. The molecule has 0 heterocycles. The van der Waals surface area contributed by atoms with E-state index in [9.17, 15) is 15.0 Å². The van der Waals surface area contributed by atoms with Crippen LogP contribution in [0.25, 0.3) is 0 Å². The first-order chi connectivity index (χ1) is 23.7. The summed E-state index contributed by atoms with van der Waals surface area (Å²) in [5.74, 6) is -0.0841. The summed E-state index contributed by atoms with van der Waals surface area (Å²) >= 11 is 0. The maximum atomic E-state index is 12.3. The van der Waals surface area contributed by atoms with E-state index in [0.29, 0.717) is 6.42 Å². The van der Waals surface area contributed by atoms with Gasteiger partial charge in [-0.15, -0.1) is 0 Å². The zero-order valence-corrected chi connectivity index (χ0v) is 32.0. The van der Waals surface area contributed by atoms with Crippen LogP contribution in [-0.2, 0) is 4.79 Å². The molecule has 0 aliphatic rings. The predicted octanol–water partition coefficient (Wildman–Crippen LogP) is 12.8. The van der Waals surface area contributed by atoms with Crippen LogP contribution in [0.5, 0.6) is 0 Å². The molecule has 0 saturated carbocycles. The lowest BCUT2D eigenvalue weighted by Crippen LogP contribution is -2.45. The fourth-order valence-corrected chi connectivity index (χ4v) is 6.03. The normalized spacial score (nSPS) is 13.5. The Morgan fingerprint density at radius 3 is 1.25 bits per heavy atom. The standard InChI is InChI=1S/C44H81NO3/c1-3-5-7-9-11-13-15-17-18-19-20-21-22-23-24-25-26-28-30-32-34-36-38-40-44(48)45-42(41-46)43(47)39-37-35-33-31-29-27-16-14-12-10-8-6-4-2/h12,14,23-24,29,31,37,39,42-43,46-47H,3-11,13,15-22,25-28,30,32-36,38,40-41H2,1-2H3,(H,45,48)/b14-12+,24-23-,31-29+,39-37+. The summed E-state index contributed by atoms with van der Waals surface area (Å²) in [6.45, 7) is 4.26. The Bertz CT molecular complexity index is 771. The van der Waals surface area contributed by atoms with Crippen LogP contribution in [-0.4, -0.2) is 34.9 Å². The minimum absolute atomic E-state index is 0.0841. The van der Waals surface area contributed by atoms with Crippen molar-refractivity contribution in [3.8, 4) is 0 Å². The van der Waals surface area contributed by atoms with E-state index < -0.39 is 12.1 Å². The van der Waals surface area contributed by atoms with E-state index in [0.717, 1.165) is 38.5 Å². The number of aliphatic hydroxyl groups excluding tert-OH is 2. The van der Waals surface area contributed by atoms with Crippen LogP contribution in [0.1, 0.15) is 206 Å². The van der Waals surface area contributed by atoms with Gasteiger partial charge >= 0.3 is 0 Å². The number of hydrogen-bond acceptors (Lipinski definition) is 3. The Kier molecular flexibility index (Phi) is 38.4. The second-order valence-electron chi connectivity index (χ2n) is 14.0. The molecular weight excluding hydrogens is 590 g/mol. The van der Waals surface area contributed by atoms with Gasteiger partial charge in [-0.1, -0.05) is 178 Å². The van der Waals surface area contributed by atoms with Crippen molar-refractivity contribution in [3.05, 3.63) is 48.6 Å². The zero-order valence-electron chi connectivity index (χ0n) is 32.0.